The first-order valence-corrected chi connectivity index (χ1v) is 10.1. The number of aromatic nitrogens is 3. The maximum absolute atomic E-state index is 10.6. The Kier molecular flexibility index (Phi) is 7.47. The quantitative estimate of drug-likeness (QED) is 0.579. The number of carbonyl (C=O) groups is 1. The summed E-state index contributed by atoms with van der Waals surface area (Å²) in [6.07, 6.45) is -2.58. The van der Waals surface area contributed by atoms with Crippen LogP contribution in [0.1, 0.15) is 30.5 Å². The van der Waals surface area contributed by atoms with Gasteiger partial charge >= 0.3 is 12.1 Å². The molecular weight excluding hydrogens is 455 g/mol. The second-order valence-corrected chi connectivity index (χ2v) is 7.49. The third kappa shape index (κ3) is 6.08. The maximum atomic E-state index is 10.6. The van der Waals surface area contributed by atoms with Crippen LogP contribution >= 0.6 is 0 Å². The van der Waals surface area contributed by atoms with Gasteiger partial charge in [0.2, 0.25) is 11.7 Å². The van der Waals surface area contributed by atoms with Crippen molar-refractivity contribution in [2.45, 2.75) is 39.1 Å². The lowest BCUT2D eigenvalue weighted by molar-refractivity contribution is -0.192. The summed E-state index contributed by atoms with van der Waals surface area (Å²) in [7, 11) is 0. The smallest absolute Gasteiger partial charge is 0.475 e. The van der Waals surface area contributed by atoms with Crippen molar-refractivity contribution in [3.05, 3.63) is 47.2 Å². The fourth-order valence-corrected chi connectivity index (χ4v) is 3.04. The molecular formula is C22H20F3N5O4. The fourth-order valence-electron chi connectivity index (χ4n) is 3.04. The number of carboxylic acid groups (broad SMARTS) is 1. The van der Waals surface area contributed by atoms with Crippen molar-refractivity contribution >= 4 is 5.97 Å². The SMILES string of the molecule is CC(C)Oc1ncc(-c2nc(-c3ccc4c(c3)CCNC4)no2)cc1C#N.O=C(O)C(F)(F)F. The molecule has 0 spiro atoms. The van der Waals surface area contributed by atoms with Crippen LogP contribution in [0.3, 0.4) is 0 Å². The first-order chi connectivity index (χ1) is 16.1. The van der Waals surface area contributed by atoms with Crippen molar-refractivity contribution in [1.82, 2.24) is 20.4 Å². The molecule has 178 valence electrons. The number of carboxylic acids is 1. The predicted octanol–water partition coefficient (Wildman–Crippen LogP) is 3.74. The molecule has 0 unspecified atom stereocenters. The van der Waals surface area contributed by atoms with E-state index in [4.69, 9.17) is 19.2 Å². The van der Waals surface area contributed by atoms with Gasteiger partial charge in [0, 0.05) is 18.3 Å². The lowest BCUT2D eigenvalue weighted by atomic mass is 9.98. The number of rotatable bonds is 4. The van der Waals surface area contributed by atoms with E-state index >= 15 is 0 Å². The Morgan fingerprint density at radius 3 is 2.65 bits per heavy atom. The van der Waals surface area contributed by atoms with Crippen LogP contribution in [0.5, 0.6) is 5.88 Å². The molecule has 3 aromatic rings. The molecule has 2 aromatic heterocycles. The Morgan fingerprint density at radius 2 is 2.00 bits per heavy atom. The monoisotopic (exact) mass is 475 g/mol. The first-order valence-electron chi connectivity index (χ1n) is 10.1. The molecule has 34 heavy (non-hydrogen) atoms. The number of fused-ring (bicyclic) bond motifs is 1. The van der Waals surface area contributed by atoms with Gasteiger partial charge in [-0.2, -0.15) is 23.4 Å². The highest BCUT2D eigenvalue weighted by molar-refractivity contribution is 5.73. The first kappa shape index (κ1) is 24.7. The van der Waals surface area contributed by atoms with E-state index in [1.807, 2.05) is 19.9 Å². The van der Waals surface area contributed by atoms with E-state index in [9.17, 15) is 18.4 Å². The van der Waals surface area contributed by atoms with Gasteiger partial charge in [-0.3, -0.25) is 0 Å². The fraction of sp³-hybridized carbons (Fsp3) is 0.318. The normalized spacial score (nSPS) is 12.9. The molecule has 0 saturated carbocycles. The molecule has 1 aliphatic heterocycles. The highest BCUT2D eigenvalue weighted by Crippen LogP contribution is 2.27. The molecule has 2 N–H and O–H groups in total. The van der Waals surface area contributed by atoms with Crippen LogP contribution in [0, 0.1) is 11.3 Å². The number of benzene rings is 1. The average molecular weight is 475 g/mol. The van der Waals surface area contributed by atoms with Gasteiger partial charge in [-0.15, -0.1) is 0 Å². The maximum Gasteiger partial charge on any atom is 0.490 e. The minimum Gasteiger partial charge on any atom is -0.475 e. The third-order valence-corrected chi connectivity index (χ3v) is 4.59. The highest BCUT2D eigenvalue weighted by atomic mass is 19.4. The average Bonchev–Trinajstić information content (AvgIpc) is 3.29. The van der Waals surface area contributed by atoms with E-state index in [1.54, 1.807) is 12.3 Å². The molecule has 0 aliphatic carbocycles. The van der Waals surface area contributed by atoms with Crippen molar-refractivity contribution in [2.75, 3.05) is 6.54 Å². The van der Waals surface area contributed by atoms with Crippen molar-refractivity contribution < 1.29 is 32.3 Å². The van der Waals surface area contributed by atoms with Gasteiger partial charge in [0.25, 0.3) is 5.89 Å². The Hall–Kier alpha value is -3.98. The van der Waals surface area contributed by atoms with E-state index in [0.717, 1.165) is 25.1 Å². The van der Waals surface area contributed by atoms with Crippen molar-refractivity contribution in [3.63, 3.8) is 0 Å². The van der Waals surface area contributed by atoms with Gasteiger partial charge in [0.1, 0.15) is 11.6 Å². The molecule has 0 fully saturated rings. The number of pyridine rings is 1. The molecule has 9 nitrogen and oxygen atoms in total. The van der Waals surface area contributed by atoms with Gasteiger partial charge in [0.05, 0.1) is 11.7 Å². The number of ether oxygens (including phenoxy) is 1. The second kappa shape index (κ2) is 10.3. The van der Waals surface area contributed by atoms with Crippen molar-refractivity contribution in [1.29, 1.82) is 5.26 Å². The molecule has 12 heteroatoms. The van der Waals surface area contributed by atoms with Gasteiger partial charge in [-0.1, -0.05) is 17.3 Å². The summed E-state index contributed by atoms with van der Waals surface area (Å²) in [6.45, 7) is 5.63. The number of nitrogens with zero attached hydrogens (tertiary/aromatic N) is 4. The van der Waals surface area contributed by atoms with Crippen LogP contribution in [0.15, 0.2) is 35.0 Å². The van der Waals surface area contributed by atoms with E-state index in [2.05, 4.69) is 38.6 Å². The molecule has 1 aliphatic rings. The van der Waals surface area contributed by atoms with Crippen LogP contribution in [0.2, 0.25) is 0 Å². The van der Waals surface area contributed by atoms with Crippen LogP contribution in [0.4, 0.5) is 13.2 Å². The van der Waals surface area contributed by atoms with Crippen LogP contribution < -0.4 is 10.1 Å². The van der Waals surface area contributed by atoms with Gasteiger partial charge in [-0.05, 0) is 50.1 Å². The van der Waals surface area contributed by atoms with Crippen LogP contribution in [-0.4, -0.2) is 45.0 Å². The minimum absolute atomic E-state index is 0.0651. The molecule has 0 amide bonds. The molecule has 3 heterocycles. The number of hydrogen-bond acceptors (Lipinski definition) is 8. The Labute approximate surface area is 192 Å². The van der Waals surface area contributed by atoms with Crippen molar-refractivity contribution in [2.24, 2.45) is 0 Å². The number of nitrogens with one attached hydrogen (secondary N) is 1. The topological polar surface area (TPSA) is 134 Å². The lowest BCUT2D eigenvalue weighted by Crippen LogP contribution is -2.23. The molecule has 4 rings (SSSR count). The number of alkyl halides is 3. The Bertz CT molecular complexity index is 1220. The molecule has 0 radical (unpaired) electrons. The summed E-state index contributed by atoms with van der Waals surface area (Å²) in [5.74, 6) is -1.61. The van der Waals surface area contributed by atoms with E-state index in [-0.39, 0.29) is 6.10 Å². The summed E-state index contributed by atoms with van der Waals surface area (Å²) in [6, 6.07) is 9.96. The van der Waals surface area contributed by atoms with Gasteiger partial charge in [-0.25, -0.2) is 9.78 Å². The Morgan fingerprint density at radius 1 is 1.26 bits per heavy atom. The summed E-state index contributed by atoms with van der Waals surface area (Å²) >= 11 is 0. The van der Waals surface area contributed by atoms with E-state index in [1.165, 1.54) is 11.1 Å². The Balaban J connectivity index is 0.000000406. The third-order valence-electron chi connectivity index (χ3n) is 4.59. The van der Waals surface area contributed by atoms with E-state index < -0.39 is 12.1 Å². The van der Waals surface area contributed by atoms with Crippen LogP contribution in [0.25, 0.3) is 22.8 Å². The summed E-state index contributed by atoms with van der Waals surface area (Å²) in [4.78, 5) is 17.6. The minimum atomic E-state index is -5.08. The molecule has 0 atom stereocenters. The number of aliphatic carboxylic acids is 1. The number of nitriles is 1. The molecule has 1 aromatic carbocycles. The highest BCUT2D eigenvalue weighted by Gasteiger charge is 2.38. The van der Waals surface area contributed by atoms with Gasteiger partial charge < -0.3 is 19.7 Å². The number of halogens is 3. The van der Waals surface area contributed by atoms with Gasteiger partial charge in [0.15, 0.2) is 0 Å². The zero-order valence-corrected chi connectivity index (χ0v) is 18.2. The lowest BCUT2D eigenvalue weighted by Gasteiger charge is -2.17. The zero-order valence-electron chi connectivity index (χ0n) is 18.2. The summed E-state index contributed by atoms with van der Waals surface area (Å²) in [5, 5.41) is 23.9. The molecule has 0 saturated heterocycles. The second-order valence-electron chi connectivity index (χ2n) is 7.49. The molecule has 0 bridgehead atoms. The van der Waals surface area contributed by atoms with E-state index in [0.29, 0.717) is 28.7 Å². The standard InChI is InChI=1S/C20H19N5O2.C2HF3O2/c1-12(2)26-19-16(9-21)8-17(11-23-19)20-24-18(25-27-20)14-3-4-15-10-22-6-5-13(15)7-14;3-2(4,5)1(6)7/h3-4,7-8,11-12,22H,5-6,10H2,1-2H3;(H,6,7). The van der Waals surface area contributed by atoms with Crippen molar-refractivity contribution in [3.8, 4) is 34.8 Å². The predicted molar refractivity (Wildman–Crippen MR) is 113 cm³/mol. The van der Waals surface area contributed by atoms with Crippen LogP contribution in [-0.2, 0) is 17.8 Å². The zero-order chi connectivity index (χ0) is 24.9. The largest absolute Gasteiger partial charge is 0.490 e. The summed E-state index contributed by atoms with van der Waals surface area (Å²) < 4.78 is 42.7. The number of hydrogen-bond donors (Lipinski definition) is 2. The summed E-state index contributed by atoms with van der Waals surface area (Å²) in [5.41, 5.74) is 4.45.